The van der Waals surface area contributed by atoms with E-state index in [0.717, 1.165) is 10.6 Å². The highest BCUT2D eigenvalue weighted by Gasteiger charge is 2.18. The number of carboxylic acids is 1. The van der Waals surface area contributed by atoms with Gasteiger partial charge in [0.2, 0.25) is 0 Å². The lowest BCUT2D eigenvalue weighted by Gasteiger charge is -2.01. The summed E-state index contributed by atoms with van der Waals surface area (Å²) in [6.07, 6.45) is 4.84. The van der Waals surface area contributed by atoms with E-state index >= 15 is 0 Å². The number of hydrogen-bond donors (Lipinski definition) is 1. The zero-order valence-corrected chi connectivity index (χ0v) is 11.8. The van der Waals surface area contributed by atoms with E-state index in [-0.39, 0.29) is 0 Å². The fourth-order valence-corrected chi connectivity index (χ4v) is 2.81. The monoisotopic (exact) mass is 276 g/mol. The van der Waals surface area contributed by atoms with Gasteiger partial charge in [0.1, 0.15) is 4.88 Å². The van der Waals surface area contributed by atoms with Crippen LogP contribution in [0.3, 0.4) is 0 Å². The van der Waals surface area contributed by atoms with Crippen LogP contribution < -0.4 is 0 Å². The van der Waals surface area contributed by atoms with Crippen LogP contribution in [0.5, 0.6) is 0 Å². The maximum atomic E-state index is 11.2. The topological polar surface area (TPSA) is 63.1 Å². The van der Waals surface area contributed by atoms with Gasteiger partial charge in [0.25, 0.3) is 0 Å². The lowest BCUT2D eigenvalue weighted by atomic mass is 10.1. The fourth-order valence-electron chi connectivity index (χ4n) is 1.85. The van der Waals surface area contributed by atoms with E-state index in [1.807, 2.05) is 12.1 Å². The summed E-state index contributed by atoms with van der Waals surface area (Å²) in [6.45, 7) is 4.12. The minimum Gasteiger partial charge on any atom is -0.477 e. The molecule has 0 unspecified atom stereocenters. The molecule has 0 saturated heterocycles. The first kappa shape index (κ1) is 13.7. The van der Waals surface area contributed by atoms with Crippen LogP contribution in [0.25, 0.3) is 0 Å². The molecule has 19 heavy (non-hydrogen) atoms. The number of aromatic nitrogens is 2. The fraction of sp³-hybridized carbons (Fsp3) is 0.357. The molecular weight excluding hydrogens is 260 g/mol. The van der Waals surface area contributed by atoms with Crippen molar-refractivity contribution in [2.75, 3.05) is 0 Å². The molecule has 0 bridgehead atoms. The van der Waals surface area contributed by atoms with Gasteiger partial charge in [0.05, 0.1) is 10.7 Å². The molecule has 0 radical (unpaired) electrons. The predicted octanol–water partition coefficient (Wildman–Crippen LogP) is 3.03. The van der Waals surface area contributed by atoms with Gasteiger partial charge < -0.3 is 5.11 Å². The van der Waals surface area contributed by atoms with E-state index in [1.165, 1.54) is 11.3 Å². The third kappa shape index (κ3) is 3.61. The van der Waals surface area contributed by atoms with Crippen LogP contribution in [0.4, 0.5) is 0 Å². The van der Waals surface area contributed by atoms with Crippen molar-refractivity contribution in [3.05, 3.63) is 45.7 Å². The number of aromatic carboxylic acids is 1. The number of rotatable bonds is 5. The van der Waals surface area contributed by atoms with Gasteiger partial charge >= 0.3 is 5.97 Å². The van der Waals surface area contributed by atoms with E-state index < -0.39 is 5.97 Å². The van der Waals surface area contributed by atoms with Gasteiger partial charge in [0.15, 0.2) is 0 Å². The molecule has 0 saturated carbocycles. The molecule has 0 fully saturated rings. The lowest BCUT2D eigenvalue weighted by molar-refractivity contribution is 0.0700. The minimum atomic E-state index is -0.884. The van der Waals surface area contributed by atoms with Crippen molar-refractivity contribution in [3.63, 3.8) is 0 Å². The second-order valence-electron chi connectivity index (χ2n) is 4.82. The molecule has 4 nitrogen and oxygen atoms in total. The van der Waals surface area contributed by atoms with Crippen molar-refractivity contribution in [2.45, 2.75) is 26.7 Å². The molecule has 100 valence electrons. The summed E-state index contributed by atoms with van der Waals surface area (Å²) in [5.74, 6) is -0.489. The van der Waals surface area contributed by atoms with Gasteiger partial charge in [-0.2, -0.15) is 0 Å². The summed E-state index contributed by atoms with van der Waals surface area (Å²) in [5, 5.41) is 10.1. The Morgan fingerprint density at radius 1 is 1.47 bits per heavy atom. The summed E-state index contributed by atoms with van der Waals surface area (Å²) in [7, 11) is 0. The third-order valence-corrected chi connectivity index (χ3v) is 3.70. The van der Waals surface area contributed by atoms with Gasteiger partial charge in [-0.25, -0.2) is 9.78 Å². The Balaban J connectivity index is 2.25. The molecule has 0 aliphatic heterocycles. The summed E-state index contributed by atoms with van der Waals surface area (Å²) in [6, 6.07) is 3.84. The Morgan fingerprint density at radius 3 is 2.84 bits per heavy atom. The molecule has 2 aromatic heterocycles. The lowest BCUT2D eigenvalue weighted by Crippen LogP contribution is -2.02. The first-order valence-electron chi connectivity index (χ1n) is 6.17. The van der Waals surface area contributed by atoms with Gasteiger partial charge in [-0.15, -0.1) is 11.3 Å². The first-order chi connectivity index (χ1) is 9.06. The minimum absolute atomic E-state index is 0.368. The average Bonchev–Trinajstić information content (AvgIpc) is 2.72. The number of thiazole rings is 1. The van der Waals surface area contributed by atoms with E-state index in [2.05, 4.69) is 23.8 Å². The number of nitrogens with zero attached hydrogens (tertiary/aromatic N) is 2. The smallest absolute Gasteiger partial charge is 0.347 e. The second-order valence-corrected chi connectivity index (χ2v) is 5.91. The Morgan fingerprint density at radius 2 is 2.26 bits per heavy atom. The Labute approximate surface area is 116 Å². The molecule has 5 heteroatoms. The number of carboxylic acid groups (broad SMARTS) is 1. The molecule has 0 amide bonds. The van der Waals surface area contributed by atoms with Crippen LogP contribution in [-0.4, -0.2) is 21.0 Å². The molecule has 0 aliphatic carbocycles. The van der Waals surface area contributed by atoms with Crippen molar-refractivity contribution >= 4 is 17.3 Å². The number of hydrogen-bond acceptors (Lipinski definition) is 4. The van der Waals surface area contributed by atoms with Gasteiger partial charge in [-0.3, -0.25) is 4.98 Å². The van der Waals surface area contributed by atoms with E-state index in [4.69, 9.17) is 0 Å². The third-order valence-electron chi connectivity index (χ3n) is 2.62. The van der Waals surface area contributed by atoms with Crippen LogP contribution in [0.2, 0.25) is 0 Å². The van der Waals surface area contributed by atoms with Gasteiger partial charge in [-0.05, 0) is 24.0 Å². The highest BCUT2D eigenvalue weighted by Crippen LogP contribution is 2.23. The van der Waals surface area contributed by atoms with Crippen molar-refractivity contribution in [2.24, 2.45) is 5.92 Å². The Hall–Kier alpha value is -1.75. The average molecular weight is 276 g/mol. The zero-order chi connectivity index (χ0) is 13.8. The normalized spacial score (nSPS) is 10.9. The molecule has 1 N–H and O–H groups in total. The van der Waals surface area contributed by atoms with Crippen LogP contribution in [0, 0.1) is 5.92 Å². The first-order valence-corrected chi connectivity index (χ1v) is 6.98. The highest BCUT2D eigenvalue weighted by atomic mass is 32.1. The predicted molar refractivity (Wildman–Crippen MR) is 74.7 cm³/mol. The van der Waals surface area contributed by atoms with E-state index in [1.54, 1.807) is 12.4 Å². The zero-order valence-electron chi connectivity index (χ0n) is 11.0. The number of pyridine rings is 1. The molecule has 2 aromatic rings. The van der Waals surface area contributed by atoms with E-state index in [9.17, 15) is 9.90 Å². The molecular formula is C14H16N2O2S. The molecule has 2 rings (SSSR count). The van der Waals surface area contributed by atoms with Crippen LogP contribution in [-0.2, 0) is 12.8 Å². The SMILES string of the molecule is CC(C)Cc1nc(Cc2cccnc2)sc1C(=O)O. The molecule has 0 aromatic carbocycles. The molecule has 0 atom stereocenters. The largest absolute Gasteiger partial charge is 0.477 e. The highest BCUT2D eigenvalue weighted by molar-refractivity contribution is 7.13. The molecule has 0 aliphatic rings. The summed E-state index contributed by atoms with van der Waals surface area (Å²) >= 11 is 1.27. The van der Waals surface area contributed by atoms with Crippen molar-refractivity contribution < 1.29 is 9.90 Å². The second kappa shape index (κ2) is 5.93. The molecule has 2 heterocycles. The maximum absolute atomic E-state index is 11.2. The molecule has 0 spiro atoms. The maximum Gasteiger partial charge on any atom is 0.347 e. The van der Waals surface area contributed by atoms with Crippen molar-refractivity contribution in [1.82, 2.24) is 9.97 Å². The Kier molecular flexibility index (Phi) is 4.27. The summed E-state index contributed by atoms with van der Waals surface area (Å²) in [5.41, 5.74) is 1.75. The van der Waals surface area contributed by atoms with Gasteiger partial charge in [0, 0.05) is 18.8 Å². The quantitative estimate of drug-likeness (QED) is 0.911. The Bertz CT molecular complexity index is 564. The van der Waals surface area contributed by atoms with Crippen molar-refractivity contribution in [1.29, 1.82) is 0 Å². The van der Waals surface area contributed by atoms with Crippen LogP contribution in [0.1, 0.15) is 39.8 Å². The summed E-state index contributed by atoms with van der Waals surface area (Å²) < 4.78 is 0. The summed E-state index contributed by atoms with van der Waals surface area (Å²) in [4.78, 5) is 20.1. The van der Waals surface area contributed by atoms with Gasteiger partial charge in [-0.1, -0.05) is 19.9 Å². The van der Waals surface area contributed by atoms with Crippen LogP contribution >= 0.6 is 11.3 Å². The van der Waals surface area contributed by atoms with Crippen molar-refractivity contribution in [3.8, 4) is 0 Å². The van der Waals surface area contributed by atoms with Crippen LogP contribution in [0.15, 0.2) is 24.5 Å². The number of carbonyl (C=O) groups is 1. The van der Waals surface area contributed by atoms with E-state index in [0.29, 0.717) is 29.3 Å². The standard InChI is InChI=1S/C14H16N2O2S/c1-9(2)6-11-13(14(17)18)19-12(16-11)7-10-4-3-5-15-8-10/h3-5,8-9H,6-7H2,1-2H3,(H,17,18).